The van der Waals surface area contributed by atoms with Crippen molar-refractivity contribution in [2.45, 2.75) is 64.5 Å². The van der Waals surface area contributed by atoms with Gasteiger partial charge in [-0.3, -0.25) is 0 Å². The van der Waals surface area contributed by atoms with E-state index >= 15 is 0 Å². The summed E-state index contributed by atoms with van der Waals surface area (Å²) in [4.78, 5) is 0. The van der Waals surface area contributed by atoms with Crippen LogP contribution in [0, 0.1) is 5.41 Å². The standard InChI is InChI=1S/C17H25N/c1-17(2)10-4-7-16(17)18-12-13-5-3-6-15(11-13)14-8-9-14/h3,5-6,11,14,16,18H,4,7-10,12H2,1-2H3. The predicted molar refractivity (Wildman–Crippen MR) is 76.7 cm³/mol. The van der Waals surface area contributed by atoms with Gasteiger partial charge >= 0.3 is 0 Å². The summed E-state index contributed by atoms with van der Waals surface area (Å²) in [7, 11) is 0. The van der Waals surface area contributed by atoms with Crippen LogP contribution in [0.3, 0.4) is 0 Å². The maximum absolute atomic E-state index is 3.77. The molecule has 0 aliphatic heterocycles. The van der Waals surface area contributed by atoms with Crippen molar-refractivity contribution in [1.82, 2.24) is 5.32 Å². The van der Waals surface area contributed by atoms with Gasteiger partial charge in [0, 0.05) is 12.6 Å². The SMILES string of the molecule is CC1(C)CCCC1NCc1cccc(C2CC2)c1. The third kappa shape index (κ3) is 2.61. The van der Waals surface area contributed by atoms with Crippen LogP contribution >= 0.6 is 0 Å². The summed E-state index contributed by atoms with van der Waals surface area (Å²) in [6.07, 6.45) is 6.88. The smallest absolute Gasteiger partial charge is 0.0208 e. The molecule has 3 rings (SSSR count). The second-order valence-electron chi connectivity index (χ2n) is 6.83. The summed E-state index contributed by atoms with van der Waals surface area (Å²) in [5.74, 6) is 0.868. The van der Waals surface area contributed by atoms with Crippen LogP contribution in [-0.4, -0.2) is 6.04 Å². The van der Waals surface area contributed by atoms with E-state index in [0.29, 0.717) is 11.5 Å². The second-order valence-corrected chi connectivity index (χ2v) is 6.83. The molecule has 1 aromatic rings. The molecule has 0 bridgehead atoms. The molecule has 0 heterocycles. The Morgan fingerprint density at radius 1 is 1.22 bits per heavy atom. The fourth-order valence-electron chi connectivity index (χ4n) is 3.32. The molecule has 2 aliphatic carbocycles. The van der Waals surface area contributed by atoms with Gasteiger partial charge in [-0.2, -0.15) is 0 Å². The van der Waals surface area contributed by atoms with Gasteiger partial charge in [-0.05, 0) is 48.1 Å². The third-order valence-corrected chi connectivity index (χ3v) is 4.81. The van der Waals surface area contributed by atoms with Crippen molar-refractivity contribution < 1.29 is 0 Å². The summed E-state index contributed by atoms with van der Waals surface area (Å²) in [5, 5.41) is 3.77. The van der Waals surface area contributed by atoms with E-state index in [0.717, 1.165) is 12.5 Å². The summed E-state index contributed by atoms with van der Waals surface area (Å²) in [5.41, 5.74) is 3.50. The fourth-order valence-corrected chi connectivity index (χ4v) is 3.32. The van der Waals surface area contributed by atoms with Crippen LogP contribution in [0.1, 0.15) is 63.0 Å². The van der Waals surface area contributed by atoms with Gasteiger partial charge in [-0.25, -0.2) is 0 Å². The van der Waals surface area contributed by atoms with Crippen LogP contribution in [0.4, 0.5) is 0 Å². The maximum Gasteiger partial charge on any atom is 0.0208 e. The molecule has 0 amide bonds. The Balaban J connectivity index is 1.61. The van der Waals surface area contributed by atoms with E-state index < -0.39 is 0 Å². The van der Waals surface area contributed by atoms with E-state index in [2.05, 4.69) is 43.4 Å². The zero-order chi connectivity index (χ0) is 12.6. The molecular formula is C17H25N. The Labute approximate surface area is 111 Å². The fraction of sp³-hybridized carbons (Fsp3) is 0.647. The minimum Gasteiger partial charge on any atom is -0.309 e. The topological polar surface area (TPSA) is 12.0 Å². The molecule has 98 valence electrons. The van der Waals surface area contributed by atoms with E-state index in [-0.39, 0.29) is 0 Å². The molecule has 2 fully saturated rings. The second kappa shape index (κ2) is 4.70. The molecule has 0 spiro atoms. The van der Waals surface area contributed by atoms with Crippen molar-refractivity contribution >= 4 is 0 Å². The average Bonchev–Trinajstić information content (AvgIpc) is 3.13. The van der Waals surface area contributed by atoms with Crippen molar-refractivity contribution in [2.24, 2.45) is 5.41 Å². The Bertz CT molecular complexity index is 417. The summed E-state index contributed by atoms with van der Waals surface area (Å²) >= 11 is 0. The Kier molecular flexibility index (Phi) is 3.19. The quantitative estimate of drug-likeness (QED) is 0.834. The van der Waals surface area contributed by atoms with Crippen molar-refractivity contribution in [3.05, 3.63) is 35.4 Å². The molecule has 1 nitrogen and oxygen atoms in total. The first-order chi connectivity index (χ1) is 8.65. The lowest BCUT2D eigenvalue weighted by Crippen LogP contribution is -2.37. The van der Waals surface area contributed by atoms with Gasteiger partial charge in [0.25, 0.3) is 0 Å². The van der Waals surface area contributed by atoms with Crippen LogP contribution in [0.25, 0.3) is 0 Å². The van der Waals surface area contributed by atoms with Gasteiger partial charge < -0.3 is 5.32 Å². The van der Waals surface area contributed by atoms with Gasteiger partial charge in [-0.15, -0.1) is 0 Å². The van der Waals surface area contributed by atoms with Crippen molar-refractivity contribution in [2.75, 3.05) is 0 Å². The molecule has 0 saturated heterocycles. The first kappa shape index (κ1) is 12.2. The van der Waals surface area contributed by atoms with E-state index in [4.69, 9.17) is 0 Å². The highest BCUT2D eigenvalue weighted by atomic mass is 14.9. The molecule has 1 heteroatoms. The lowest BCUT2D eigenvalue weighted by Gasteiger charge is -2.28. The highest BCUT2D eigenvalue weighted by Gasteiger charge is 2.33. The van der Waals surface area contributed by atoms with Gasteiger partial charge in [0.2, 0.25) is 0 Å². The molecule has 0 radical (unpaired) electrons. The average molecular weight is 243 g/mol. The van der Waals surface area contributed by atoms with Crippen LogP contribution in [-0.2, 0) is 6.54 Å². The van der Waals surface area contributed by atoms with E-state index in [1.807, 2.05) is 0 Å². The largest absolute Gasteiger partial charge is 0.309 e. The van der Waals surface area contributed by atoms with Crippen molar-refractivity contribution in [3.63, 3.8) is 0 Å². The number of nitrogens with one attached hydrogen (secondary N) is 1. The highest BCUT2D eigenvalue weighted by Crippen LogP contribution is 2.40. The summed E-state index contributed by atoms with van der Waals surface area (Å²) in [6, 6.07) is 9.89. The molecule has 1 aromatic carbocycles. The van der Waals surface area contributed by atoms with Crippen molar-refractivity contribution in [3.8, 4) is 0 Å². The molecule has 0 aromatic heterocycles. The van der Waals surface area contributed by atoms with Crippen molar-refractivity contribution in [1.29, 1.82) is 0 Å². The minimum absolute atomic E-state index is 0.480. The van der Waals surface area contributed by atoms with Crippen LogP contribution in [0.5, 0.6) is 0 Å². The first-order valence-electron chi connectivity index (χ1n) is 7.47. The van der Waals surface area contributed by atoms with Crippen LogP contribution < -0.4 is 5.32 Å². The van der Waals surface area contributed by atoms with E-state index in [9.17, 15) is 0 Å². The van der Waals surface area contributed by atoms with Gasteiger partial charge in [-0.1, -0.05) is 44.5 Å². The lowest BCUT2D eigenvalue weighted by atomic mass is 9.87. The number of rotatable bonds is 4. The molecule has 2 aliphatic rings. The summed E-state index contributed by atoms with van der Waals surface area (Å²) < 4.78 is 0. The monoisotopic (exact) mass is 243 g/mol. The predicted octanol–water partition coefficient (Wildman–Crippen LogP) is 4.23. The Hall–Kier alpha value is -0.820. The number of benzene rings is 1. The Morgan fingerprint density at radius 3 is 2.72 bits per heavy atom. The molecular weight excluding hydrogens is 218 g/mol. The first-order valence-corrected chi connectivity index (χ1v) is 7.47. The molecule has 1 N–H and O–H groups in total. The lowest BCUT2D eigenvalue weighted by molar-refractivity contribution is 0.282. The van der Waals surface area contributed by atoms with E-state index in [1.54, 1.807) is 5.56 Å². The number of hydrogen-bond donors (Lipinski definition) is 1. The molecule has 1 atom stereocenters. The van der Waals surface area contributed by atoms with E-state index in [1.165, 1.54) is 37.7 Å². The van der Waals surface area contributed by atoms with Gasteiger partial charge in [0.05, 0.1) is 0 Å². The highest BCUT2D eigenvalue weighted by molar-refractivity contribution is 5.29. The zero-order valence-electron chi connectivity index (χ0n) is 11.7. The summed E-state index contributed by atoms with van der Waals surface area (Å²) in [6.45, 7) is 5.84. The van der Waals surface area contributed by atoms with Gasteiger partial charge in [0.1, 0.15) is 0 Å². The van der Waals surface area contributed by atoms with Gasteiger partial charge in [0.15, 0.2) is 0 Å². The molecule has 2 saturated carbocycles. The third-order valence-electron chi connectivity index (χ3n) is 4.81. The minimum atomic E-state index is 0.480. The zero-order valence-corrected chi connectivity index (χ0v) is 11.7. The normalized spacial score (nSPS) is 26.4. The van der Waals surface area contributed by atoms with Crippen LogP contribution in [0.15, 0.2) is 24.3 Å². The molecule has 1 unspecified atom stereocenters. The molecule has 18 heavy (non-hydrogen) atoms. The maximum atomic E-state index is 3.77. The van der Waals surface area contributed by atoms with Crippen LogP contribution in [0.2, 0.25) is 0 Å². The Morgan fingerprint density at radius 2 is 2.06 bits per heavy atom. The number of hydrogen-bond acceptors (Lipinski definition) is 1.